The van der Waals surface area contributed by atoms with E-state index in [0.29, 0.717) is 19.4 Å². The summed E-state index contributed by atoms with van der Waals surface area (Å²) in [4.78, 5) is 24.5. The van der Waals surface area contributed by atoms with E-state index in [-0.39, 0.29) is 17.2 Å². The van der Waals surface area contributed by atoms with Gasteiger partial charge in [0.05, 0.1) is 6.04 Å². The summed E-state index contributed by atoms with van der Waals surface area (Å²) in [6.45, 7) is 6.26. The number of hydrogen-bond donors (Lipinski definition) is 2. The maximum Gasteiger partial charge on any atom is 0.237 e. The number of carbonyl (C=O) groups excluding carboxylic acids is 2. The van der Waals surface area contributed by atoms with Gasteiger partial charge in [-0.15, -0.1) is 0 Å². The Morgan fingerprint density at radius 1 is 1.29 bits per heavy atom. The largest absolute Gasteiger partial charge is 0.355 e. The van der Waals surface area contributed by atoms with Crippen LogP contribution < -0.4 is 11.1 Å². The molecule has 0 heterocycles. The van der Waals surface area contributed by atoms with Gasteiger partial charge in [-0.1, -0.05) is 20.8 Å². The number of nitrogens with two attached hydrogens (primary N) is 1. The molecule has 0 aliphatic carbocycles. The van der Waals surface area contributed by atoms with Gasteiger partial charge in [-0.25, -0.2) is 0 Å². The Morgan fingerprint density at radius 3 is 2.24 bits per heavy atom. The summed E-state index contributed by atoms with van der Waals surface area (Å²) in [6, 6.07) is -0.521. The Morgan fingerprint density at radius 2 is 1.82 bits per heavy atom. The van der Waals surface area contributed by atoms with Crippen LogP contribution in [0.1, 0.15) is 33.6 Å². The van der Waals surface area contributed by atoms with Crippen molar-refractivity contribution in [3.63, 3.8) is 0 Å². The van der Waals surface area contributed by atoms with Crippen LogP contribution >= 0.6 is 0 Å². The van der Waals surface area contributed by atoms with Gasteiger partial charge in [-0.05, 0) is 11.8 Å². The van der Waals surface area contributed by atoms with Gasteiger partial charge >= 0.3 is 0 Å². The molecule has 5 nitrogen and oxygen atoms in total. The van der Waals surface area contributed by atoms with Crippen molar-refractivity contribution in [2.24, 2.45) is 11.1 Å². The maximum atomic E-state index is 11.6. The third kappa shape index (κ3) is 6.26. The third-order valence-electron chi connectivity index (χ3n) is 2.58. The average molecular weight is 243 g/mol. The minimum absolute atomic E-state index is 0.0689. The summed E-state index contributed by atoms with van der Waals surface area (Å²) >= 11 is 0. The summed E-state index contributed by atoms with van der Waals surface area (Å²) in [7, 11) is 3.44. The van der Waals surface area contributed by atoms with Crippen molar-refractivity contribution in [1.29, 1.82) is 0 Å². The molecular formula is C12H25N3O2. The highest BCUT2D eigenvalue weighted by molar-refractivity contribution is 5.82. The van der Waals surface area contributed by atoms with E-state index in [0.717, 1.165) is 0 Å². The van der Waals surface area contributed by atoms with Crippen molar-refractivity contribution in [2.45, 2.75) is 39.7 Å². The van der Waals surface area contributed by atoms with Gasteiger partial charge in [0, 0.05) is 27.1 Å². The van der Waals surface area contributed by atoms with Crippen molar-refractivity contribution < 1.29 is 9.59 Å². The molecule has 0 saturated carbocycles. The number of hydrogen-bond acceptors (Lipinski definition) is 3. The van der Waals surface area contributed by atoms with E-state index in [9.17, 15) is 9.59 Å². The zero-order valence-corrected chi connectivity index (χ0v) is 11.5. The first-order chi connectivity index (χ1) is 7.66. The fraction of sp³-hybridized carbons (Fsp3) is 0.833. The molecule has 0 aromatic rings. The summed E-state index contributed by atoms with van der Waals surface area (Å²) in [5.41, 5.74) is 5.55. The first-order valence-corrected chi connectivity index (χ1v) is 5.89. The maximum absolute atomic E-state index is 11.6. The second-order valence-electron chi connectivity index (χ2n) is 5.53. The van der Waals surface area contributed by atoms with E-state index in [1.54, 1.807) is 19.0 Å². The number of nitrogens with one attached hydrogen (secondary N) is 1. The smallest absolute Gasteiger partial charge is 0.237 e. The van der Waals surface area contributed by atoms with E-state index in [1.807, 2.05) is 20.8 Å². The topological polar surface area (TPSA) is 75.4 Å². The van der Waals surface area contributed by atoms with Crippen LogP contribution in [0.15, 0.2) is 0 Å². The molecule has 0 aliphatic rings. The highest BCUT2D eigenvalue weighted by atomic mass is 16.2. The Labute approximate surface area is 104 Å². The standard InChI is InChI=1S/C12H25N3O2/c1-12(2,3)10(13)11(17)14-8-6-7-9(16)15(4)5/h10H,6-8,13H2,1-5H3,(H,14,17)/t10-/m1/s1. The van der Waals surface area contributed by atoms with Gasteiger partial charge in [0.15, 0.2) is 0 Å². The fourth-order valence-corrected chi connectivity index (χ4v) is 1.18. The van der Waals surface area contributed by atoms with E-state index < -0.39 is 6.04 Å². The molecule has 0 fully saturated rings. The lowest BCUT2D eigenvalue weighted by Gasteiger charge is -2.25. The lowest BCUT2D eigenvalue weighted by atomic mass is 9.87. The second-order valence-corrected chi connectivity index (χ2v) is 5.53. The molecule has 0 radical (unpaired) electrons. The first-order valence-electron chi connectivity index (χ1n) is 5.89. The predicted molar refractivity (Wildman–Crippen MR) is 68.4 cm³/mol. The molecule has 0 unspecified atom stereocenters. The summed E-state index contributed by atoms with van der Waals surface area (Å²) in [5, 5.41) is 2.75. The zero-order chi connectivity index (χ0) is 13.6. The van der Waals surface area contributed by atoms with Gasteiger partial charge in [0.25, 0.3) is 0 Å². The Kier molecular flexibility index (Phi) is 6.16. The normalized spacial score (nSPS) is 13.1. The molecule has 0 aliphatic heterocycles. The molecule has 2 amide bonds. The number of nitrogens with zero attached hydrogens (tertiary/aromatic N) is 1. The van der Waals surface area contributed by atoms with E-state index in [4.69, 9.17) is 5.73 Å². The lowest BCUT2D eigenvalue weighted by Crippen LogP contribution is -2.48. The molecular weight excluding hydrogens is 218 g/mol. The van der Waals surface area contributed by atoms with E-state index >= 15 is 0 Å². The van der Waals surface area contributed by atoms with Crippen LogP contribution in [0.5, 0.6) is 0 Å². The molecule has 0 rings (SSSR count). The molecule has 0 spiro atoms. The van der Waals surface area contributed by atoms with Crippen LogP contribution in [-0.2, 0) is 9.59 Å². The van der Waals surface area contributed by atoms with Crippen molar-refractivity contribution in [2.75, 3.05) is 20.6 Å². The van der Waals surface area contributed by atoms with Crippen molar-refractivity contribution in [1.82, 2.24) is 10.2 Å². The quantitative estimate of drug-likeness (QED) is 0.684. The van der Waals surface area contributed by atoms with Gasteiger partial charge < -0.3 is 16.0 Å². The molecule has 0 bridgehead atoms. The van der Waals surface area contributed by atoms with Gasteiger partial charge in [-0.3, -0.25) is 9.59 Å². The van der Waals surface area contributed by atoms with Crippen LogP contribution in [0.3, 0.4) is 0 Å². The molecule has 0 saturated heterocycles. The molecule has 100 valence electrons. The Bertz CT molecular complexity index is 269. The highest BCUT2D eigenvalue weighted by Gasteiger charge is 2.26. The third-order valence-corrected chi connectivity index (χ3v) is 2.58. The number of rotatable bonds is 5. The minimum atomic E-state index is -0.521. The SMILES string of the molecule is CN(C)C(=O)CCCNC(=O)[C@@H](N)C(C)(C)C. The van der Waals surface area contributed by atoms with Crippen molar-refractivity contribution in [3.05, 3.63) is 0 Å². The molecule has 0 aromatic heterocycles. The summed E-state index contributed by atoms with van der Waals surface area (Å²) in [5.74, 6) is -0.0887. The average Bonchev–Trinajstić information content (AvgIpc) is 2.20. The van der Waals surface area contributed by atoms with Crippen LogP contribution in [0.25, 0.3) is 0 Å². The fourth-order valence-electron chi connectivity index (χ4n) is 1.18. The van der Waals surface area contributed by atoms with Crippen LogP contribution in [0.2, 0.25) is 0 Å². The number of amides is 2. The van der Waals surface area contributed by atoms with Crippen molar-refractivity contribution >= 4 is 11.8 Å². The van der Waals surface area contributed by atoms with Gasteiger partial charge in [0.2, 0.25) is 11.8 Å². The van der Waals surface area contributed by atoms with Crippen LogP contribution in [0, 0.1) is 5.41 Å². The Balaban J connectivity index is 3.84. The monoisotopic (exact) mass is 243 g/mol. The molecule has 3 N–H and O–H groups in total. The Hall–Kier alpha value is -1.10. The molecule has 17 heavy (non-hydrogen) atoms. The molecule has 1 atom stereocenters. The summed E-state index contributed by atoms with van der Waals surface area (Å²) < 4.78 is 0. The zero-order valence-electron chi connectivity index (χ0n) is 11.5. The second kappa shape index (κ2) is 6.59. The minimum Gasteiger partial charge on any atom is -0.355 e. The van der Waals surface area contributed by atoms with Gasteiger partial charge in [0.1, 0.15) is 0 Å². The van der Waals surface area contributed by atoms with Crippen LogP contribution in [0.4, 0.5) is 0 Å². The van der Waals surface area contributed by atoms with E-state index in [2.05, 4.69) is 5.32 Å². The van der Waals surface area contributed by atoms with Crippen molar-refractivity contribution in [3.8, 4) is 0 Å². The first kappa shape index (κ1) is 15.9. The number of carbonyl (C=O) groups is 2. The molecule has 0 aromatic carbocycles. The van der Waals surface area contributed by atoms with E-state index in [1.165, 1.54) is 0 Å². The lowest BCUT2D eigenvalue weighted by molar-refractivity contribution is -0.129. The van der Waals surface area contributed by atoms with Gasteiger partial charge in [-0.2, -0.15) is 0 Å². The predicted octanol–water partition coefficient (Wildman–Crippen LogP) is 0.344. The molecule has 5 heteroatoms. The highest BCUT2D eigenvalue weighted by Crippen LogP contribution is 2.16. The van der Waals surface area contributed by atoms with Crippen LogP contribution in [-0.4, -0.2) is 43.4 Å². The summed E-state index contributed by atoms with van der Waals surface area (Å²) in [6.07, 6.45) is 1.08.